The average molecular weight is 244 g/mol. The molecule has 0 radical (unpaired) electrons. The Labute approximate surface area is 107 Å². The Bertz CT molecular complexity index is 560. The zero-order valence-corrected chi connectivity index (χ0v) is 10.9. The van der Waals surface area contributed by atoms with E-state index < -0.39 is 0 Å². The smallest absolute Gasteiger partial charge is 0.111 e. The second kappa shape index (κ2) is 4.37. The number of nitrogens with two attached hydrogens (primary N) is 1. The van der Waals surface area contributed by atoms with Crippen LogP contribution in [0, 0.1) is 11.8 Å². The summed E-state index contributed by atoms with van der Waals surface area (Å²) in [5, 5.41) is 0. The summed E-state index contributed by atoms with van der Waals surface area (Å²) in [7, 11) is 2.08. The van der Waals surface area contributed by atoms with Crippen LogP contribution in [0.25, 0.3) is 11.0 Å². The van der Waals surface area contributed by atoms with Gasteiger partial charge in [-0.15, -0.1) is 0 Å². The lowest BCUT2D eigenvalue weighted by atomic mass is 10.1. The van der Waals surface area contributed by atoms with Gasteiger partial charge in [-0.05, 0) is 30.4 Å². The van der Waals surface area contributed by atoms with E-state index in [0.717, 1.165) is 23.7 Å². The monoisotopic (exact) mass is 244 g/mol. The van der Waals surface area contributed by atoms with Crippen LogP contribution in [0.3, 0.4) is 0 Å². The predicted octanol–water partition coefficient (Wildman–Crippen LogP) is 1.60. The molecule has 0 spiro atoms. The molecule has 0 bridgehead atoms. The Hall–Kier alpha value is -1.39. The van der Waals surface area contributed by atoms with Gasteiger partial charge < -0.3 is 4.57 Å². The highest BCUT2D eigenvalue weighted by Crippen LogP contribution is 2.41. The molecule has 0 amide bonds. The van der Waals surface area contributed by atoms with Gasteiger partial charge in [0.05, 0.1) is 11.0 Å². The van der Waals surface area contributed by atoms with Crippen LogP contribution < -0.4 is 11.3 Å². The molecule has 3 rings (SSSR count). The molecular formula is C14H20N4. The molecule has 96 valence electrons. The first-order chi connectivity index (χ1) is 8.70. The normalized spacial score (nSPS) is 24.4. The van der Waals surface area contributed by atoms with E-state index in [0.29, 0.717) is 12.0 Å². The molecule has 1 aliphatic carbocycles. The lowest BCUT2D eigenvalue weighted by molar-refractivity contribution is 0.443. The Kier molecular flexibility index (Phi) is 2.84. The average Bonchev–Trinajstić information content (AvgIpc) is 3.02. The molecule has 4 nitrogen and oxygen atoms in total. The molecule has 2 aromatic rings. The van der Waals surface area contributed by atoms with E-state index in [-0.39, 0.29) is 0 Å². The Morgan fingerprint density at radius 3 is 2.83 bits per heavy atom. The summed E-state index contributed by atoms with van der Waals surface area (Å²) in [6.45, 7) is 2.28. The van der Waals surface area contributed by atoms with Gasteiger partial charge in [-0.1, -0.05) is 19.1 Å². The number of hydrazine groups is 1. The van der Waals surface area contributed by atoms with Crippen LogP contribution in [0.1, 0.15) is 19.2 Å². The van der Waals surface area contributed by atoms with Crippen molar-refractivity contribution >= 4 is 11.0 Å². The van der Waals surface area contributed by atoms with Gasteiger partial charge in [-0.25, -0.2) is 4.98 Å². The van der Waals surface area contributed by atoms with E-state index in [1.807, 2.05) is 6.07 Å². The third-order valence-electron chi connectivity index (χ3n) is 4.18. The number of nitrogens with one attached hydrogen (secondary N) is 1. The van der Waals surface area contributed by atoms with E-state index >= 15 is 0 Å². The van der Waals surface area contributed by atoms with Crippen LogP contribution in [0.4, 0.5) is 0 Å². The summed E-state index contributed by atoms with van der Waals surface area (Å²) < 4.78 is 2.17. The molecular weight excluding hydrogens is 224 g/mol. The van der Waals surface area contributed by atoms with Gasteiger partial charge in [-0.2, -0.15) is 0 Å². The van der Waals surface area contributed by atoms with Crippen molar-refractivity contribution in [3.05, 3.63) is 30.1 Å². The second-order valence-electron chi connectivity index (χ2n) is 5.43. The number of fused-ring (bicyclic) bond motifs is 1. The maximum atomic E-state index is 5.68. The highest BCUT2D eigenvalue weighted by atomic mass is 15.2. The van der Waals surface area contributed by atoms with Gasteiger partial charge in [-0.3, -0.25) is 11.3 Å². The molecule has 3 atom stereocenters. The number of rotatable bonds is 4. The quantitative estimate of drug-likeness (QED) is 0.634. The molecule has 3 N–H and O–H groups in total. The number of para-hydroxylation sites is 2. The summed E-state index contributed by atoms with van der Waals surface area (Å²) in [5.74, 6) is 8.29. The van der Waals surface area contributed by atoms with Crippen LogP contribution >= 0.6 is 0 Å². The fourth-order valence-electron chi connectivity index (χ4n) is 2.82. The summed E-state index contributed by atoms with van der Waals surface area (Å²) in [6, 6.07) is 8.59. The van der Waals surface area contributed by atoms with Crippen molar-refractivity contribution in [2.75, 3.05) is 0 Å². The molecule has 1 saturated carbocycles. The van der Waals surface area contributed by atoms with Crippen molar-refractivity contribution in [2.24, 2.45) is 24.7 Å². The van der Waals surface area contributed by atoms with Crippen LogP contribution in [-0.2, 0) is 13.5 Å². The molecule has 1 aromatic carbocycles. The largest absolute Gasteiger partial charge is 0.331 e. The summed E-state index contributed by atoms with van der Waals surface area (Å²) in [4.78, 5) is 4.70. The van der Waals surface area contributed by atoms with Crippen LogP contribution in [0.15, 0.2) is 24.3 Å². The lowest BCUT2D eigenvalue weighted by Gasteiger charge is -2.15. The molecule has 1 aromatic heterocycles. The van der Waals surface area contributed by atoms with Crippen LogP contribution in [-0.4, -0.2) is 15.6 Å². The minimum atomic E-state index is 0.343. The lowest BCUT2D eigenvalue weighted by Crippen LogP contribution is -2.39. The zero-order valence-electron chi connectivity index (χ0n) is 10.9. The Morgan fingerprint density at radius 1 is 1.50 bits per heavy atom. The third kappa shape index (κ3) is 1.91. The number of aryl methyl sites for hydroxylation is 1. The van der Waals surface area contributed by atoms with E-state index in [2.05, 4.69) is 42.2 Å². The number of benzene rings is 1. The Morgan fingerprint density at radius 2 is 2.22 bits per heavy atom. The van der Waals surface area contributed by atoms with E-state index in [9.17, 15) is 0 Å². The van der Waals surface area contributed by atoms with Crippen molar-refractivity contribution < 1.29 is 0 Å². The van der Waals surface area contributed by atoms with Gasteiger partial charge in [0, 0.05) is 19.5 Å². The van der Waals surface area contributed by atoms with Crippen molar-refractivity contribution in [2.45, 2.75) is 25.8 Å². The van der Waals surface area contributed by atoms with Crippen molar-refractivity contribution in [1.82, 2.24) is 15.0 Å². The van der Waals surface area contributed by atoms with E-state index in [4.69, 9.17) is 10.8 Å². The number of imidazole rings is 1. The summed E-state index contributed by atoms with van der Waals surface area (Å²) >= 11 is 0. The molecule has 1 heterocycles. The molecule has 1 aliphatic rings. The Balaban J connectivity index is 1.87. The summed E-state index contributed by atoms with van der Waals surface area (Å²) in [6.07, 6.45) is 2.18. The number of hydrogen-bond donors (Lipinski definition) is 2. The maximum Gasteiger partial charge on any atom is 0.111 e. The van der Waals surface area contributed by atoms with Crippen LogP contribution in [0.5, 0.6) is 0 Å². The topological polar surface area (TPSA) is 55.9 Å². The van der Waals surface area contributed by atoms with Crippen LogP contribution in [0.2, 0.25) is 0 Å². The zero-order chi connectivity index (χ0) is 12.7. The van der Waals surface area contributed by atoms with Gasteiger partial charge in [0.15, 0.2) is 0 Å². The maximum absolute atomic E-state index is 5.68. The molecule has 4 heteroatoms. The van der Waals surface area contributed by atoms with Gasteiger partial charge in [0.25, 0.3) is 0 Å². The van der Waals surface area contributed by atoms with Gasteiger partial charge in [0.2, 0.25) is 0 Å². The van der Waals surface area contributed by atoms with E-state index in [1.165, 1.54) is 11.9 Å². The first kappa shape index (κ1) is 11.7. The molecule has 3 unspecified atom stereocenters. The molecule has 0 aliphatic heterocycles. The van der Waals surface area contributed by atoms with Crippen molar-refractivity contribution in [3.8, 4) is 0 Å². The fourth-order valence-corrected chi connectivity index (χ4v) is 2.82. The third-order valence-corrected chi connectivity index (χ3v) is 4.18. The SMILES string of the molecule is CC1CC1C(Cc1nc2ccccc2n1C)NN. The second-order valence-corrected chi connectivity index (χ2v) is 5.43. The minimum Gasteiger partial charge on any atom is -0.331 e. The van der Waals surface area contributed by atoms with Crippen molar-refractivity contribution in [1.29, 1.82) is 0 Å². The molecule has 18 heavy (non-hydrogen) atoms. The number of aromatic nitrogens is 2. The predicted molar refractivity (Wildman–Crippen MR) is 72.8 cm³/mol. The fraction of sp³-hybridized carbons (Fsp3) is 0.500. The minimum absolute atomic E-state index is 0.343. The highest BCUT2D eigenvalue weighted by molar-refractivity contribution is 5.75. The molecule has 0 saturated heterocycles. The van der Waals surface area contributed by atoms with Crippen molar-refractivity contribution in [3.63, 3.8) is 0 Å². The number of nitrogens with zero attached hydrogens (tertiary/aromatic N) is 2. The van der Waals surface area contributed by atoms with Gasteiger partial charge >= 0.3 is 0 Å². The summed E-state index contributed by atoms with van der Waals surface area (Å²) in [5.41, 5.74) is 5.21. The number of hydrogen-bond acceptors (Lipinski definition) is 3. The van der Waals surface area contributed by atoms with Gasteiger partial charge in [0.1, 0.15) is 5.82 Å². The molecule has 1 fully saturated rings. The first-order valence-electron chi connectivity index (χ1n) is 6.57. The highest BCUT2D eigenvalue weighted by Gasteiger charge is 2.39. The first-order valence-corrected chi connectivity index (χ1v) is 6.57. The standard InChI is InChI=1S/C14H20N4/c1-9-7-10(9)12(17-15)8-14-16-11-5-3-4-6-13(11)18(14)2/h3-6,9-10,12,17H,7-8,15H2,1-2H3. The van der Waals surface area contributed by atoms with E-state index in [1.54, 1.807) is 0 Å².